The van der Waals surface area contributed by atoms with Crippen LogP contribution in [0.15, 0.2) is 18.2 Å². The molecule has 0 saturated carbocycles. The number of nitrogens with one attached hydrogen (secondary N) is 2. The number of aryl methyl sites for hydroxylation is 1. The average Bonchev–Trinajstić information content (AvgIpc) is 2.92. The smallest absolute Gasteiger partial charge is 0.238 e. The zero-order valence-corrected chi connectivity index (χ0v) is 13.0. The lowest BCUT2D eigenvalue weighted by atomic mass is 10.1. The molecule has 20 heavy (non-hydrogen) atoms. The fourth-order valence-electron chi connectivity index (χ4n) is 2.08. The molecule has 1 saturated heterocycles. The van der Waals surface area contributed by atoms with Crippen molar-refractivity contribution in [3.8, 4) is 5.75 Å². The Labute approximate surface area is 124 Å². The van der Waals surface area contributed by atoms with Gasteiger partial charge in [0.25, 0.3) is 0 Å². The minimum absolute atomic E-state index is 0.0513. The first-order valence-corrected chi connectivity index (χ1v) is 8.06. The summed E-state index contributed by atoms with van der Waals surface area (Å²) in [6.45, 7) is 6.61. The van der Waals surface area contributed by atoms with E-state index in [2.05, 4.69) is 16.7 Å². The molecule has 1 amide bonds. The third-order valence-electron chi connectivity index (χ3n) is 3.10. The highest BCUT2D eigenvalue weighted by atomic mass is 32.2. The Morgan fingerprint density at radius 2 is 2.35 bits per heavy atom. The fourth-order valence-corrected chi connectivity index (χ4v) is 3.03. The average molecular weight is 294 g/mol. The Morgan fingerprint density at radius 3 is 2.95 bits per heavy atom. The molecule has 1 aromatic carbocycles. The summed E-state index contributed by atoms with van der Waals surface area (Å²) in [4.78, 5) is 11.9. The van der Waals surface area contributed by atoms with E-state index in [1.165, 1.54) is 0 Å². The van der Waals surface area contributed by atoms with Crippen LogP contribution in [0, 0.1) is 6.92 Å². The van der Waals surface area contributed by atoms with Crippen molar-refractivity contribution in [2.45, 2.75) is 39.5 Å². The van der Waals surface area contributed by atoms with Gasteiger partial charge in [0.1, 0.15) is 5.75 Å². The van der Waals surface area contributed by atoms with Crippen LogP contribution in [0.2, 0.25) is 0 Å². The summed E-state index contributed by atoms with van der Waals surface area (Å²) in [6, 6.07) is 5.99. The molecule has 1 aliphatic rings. The second-order valence-electron chi connectivity index (χ2n) is 5.26. The number of carbonyl (C=O) groups excluding carboxylic acids is 1. The minimum Gasteiger partial charge on any atom is -0.491 e. The number of hydrogen-bond acceptors (Lipinski definition) is 4. The molecule has 110 valence electrons. The highest BCUT2D eigenvalue weighted by Crippen LogP contribution is 2.20. The number of rotatable bonds is 5. The molecule has 1 fully saturated rings. The van der Waals surface area contributed by atoms with Crippen molar-refractivity contribution >= 4 is 17.7 Å². The van der Waals surface area contributed by atoms with Gasteiger partial charge in [-0.25, -0.2) is 0 Å². The molecule has 1 unspecified atom stereocenters. The molecule has 4 nitrogen and oxygen atoms in total. The van der Waals surface area contributed by atoms with Gasteiger partial charge in [0.2, 0.25) is 5.91 Å². The van der Waals surface area contributed by atoms with Crippen molar-refractivity contribution in [1.82, 2.24) is 10.6 Å². The van der Waals surface area contributed by atoms with E-state index in [0.29, 0.717) is 6.54 Å². The van der Waals surface area contributed by atoms with Crippen LogP contribution in [0.4, 0.5) is 0 Å². The Balaban J connectivity index is 1.89. The van der Waals surface area contributed by atoms with Gasteiger partial charge < -0.3 is 10.1 Å². The Hall–Kier alpha value is -1.20. The molecule has 1 aliphatic heterocycles. The van der Waals surface area contributed by atoms with Gasteiger partial charge in [0, 0.05) is 18.2 Å². The van der Waals surface area contributed by atoms with Crippen molar-refractivity contribution in [1.29, 1.82) is 0 Å². The molecule has 0 spiro atoms. The molecular formula is C15H22N2O2S. The topological polar surface area (TPSA) is 50.4 Å². The van der Waals surface area contributed by atoms with Gasteiger partial charge in [-0.3, -0.25) is 10.1 Å². The van der Waals surface area contributed by atoms with Crippen molar-refractivity contribution in [2.75, 3.05) is 11.6 Å². The summed E-state index contributed by atoms with van der Waals surface area (Å²) >= 11 is 1.75. The fraction of sp³-hybridized carbons (Fsp3) is 0.533. The Kier molecular flexibility index (Phi) is 5.31. The summed E-state index contributed by atoms with van der Waals surface area (Å²) in [5, 5.41) is 6.14. The predicted molar refractivity (Wildman–Crippen MR) is 83.0 cm³/mol. The lowest BCUT2D eigenvalue weighted by Crippen LogP contribution is -2.41. The van der Waals surface area contributed by atoms with Crippen LogP contribution in [0.1, 0.15) is 25.0 Å². The van der Waals surface area contributed by atoms with E-state index < -0.39 is 0 Å². The van der Waals surface area contributed by atoms with Crippen molar-refractivity contribution in [3.05, 3.63) is 29.3 Å². The molecule has 1 aromatic rings. The van der Waals surface area contributed by atoms with E-state index in [0.717, 1.165) is 28.5 Å². The number of hydrogen-bond donors (Lipinski definition) is 2. The molecule has 0 aliphatic carbocycles. The molecule has 0 radical (unpaired) electrons. The van der Waals surface area contributed by atoms with Gasteiger partial charge in [-0.2, -0.15) is 0 Å². The van der Waals surface area contributed by atoms with Gasteiger partial charge in [-0.15, -0.1) is 11.8 Å². The SMILES string of the molecule is Cc1cc(CNC(=O)C2CSCN2)ccc1OC(C)C. The van der Waals surface area contributed by atoms with Crippen LogP contribution in [0.3, 0.4) is 0 Å². The van der Waals surface area contributed by atoms with Gasteiger partial charge >= 0.3 is 0 Å². The van der Waals surface area contributed by atoms with E-state index in [-0.39, 0.29) is 18.1 Å². The molecule has 0 bridgehead atoms. The van der Waals surface area contributed by atoms with Crippen LogP contribution < -0.4 is 15.4 Å². The molecule has 2 rings (SSSR count). The molecule has 2 N–H and O–H groups in total. The predicted octanol–water partition coefficient (Wildman–Crippen LogP) is 2.06. The first kappa shape index (κ1) is 15.2. The molecule has 5 heteroatoms. The molecule has 1 atom stereocenters. The van der Waals surface area contributed by atoms with E-state index >= 15 is 0 Å². The number of benzene rings is 1. The zero-order chi connectivity index (χ0) is 14.5. The highest BCUT2D eigenvalue weighted by Gasteiger charge is 2.21. The highest BCUT2D eigenvalue weighted by molar-refractivity contribution is 7.99. The zero-order valence-electron chi connectivity index (χ0n) is 12.2. The Morgan fingerprint density at radius 1 is 1.55 bits per heavy atom. The van der Waals surface area contributed by atoms with Crippen molar-refractivity contribution in [2.24, 2.45) is 0 Å². The second-order valence-corrected chi connectivity index (χ2v) is 6.29. The quantitative estimate of drug-likeness (QED) is 0.873. The van der Waals surface area contributed by atoms with Gasteiger partial charge in [0.15, 0.2) is 0 Å². The normalized spacial score (nSPS) is 18.3. The maximum atomic E-state index is 11.9. The van der Waals surface area contributed by atoms with E-state index in [1.807, 2.05) is 32.9 Å². The molecule has 0 aromatic heterocycles. The number of amides is 1. The summed E-state index contributed by atoms with van der Waals surface area (Å²) in [5.74, 6) is 2.70. The first-order chi connectivity index (χ1) is 9.56. The van der Waals surface area contributed by atoms with E-state index in [4.69, 9.17) is 4.74 Å². The monoisotopic (exact) mass is 294 g/mol. The maximum absolute atomic E-state index is 11.9. The largest absolute Gasteiger partial charge is 0.491 e. The maximum Gasteiger partial charge on any atom is 0.238 e. The van der Waals surface area contributed by atoms with E-state index in [9.17, 15) is 4.79 Å². The summed E-state index contributed by atoms with van der Waals surface area (Å²) in [6.07, 6.45) is 0.171. The second kappa shape index (κ2) is 6.99. The van der Waals surface area contributed by atoms with Crippen LogP contribution in [-0.4, -0.2) is 29.7 Å². The summed E-state index contributed by atoms with van der Waals surface area (Å²) in [7, 11) is 0. The molecule has 1 heterocycles. The van der Waals surface area contributed by atoms with Crippen LogP contribution in [0.25, 0.3) is 0 Å². The third kappa shape index (κ3) is 4.15. The van der Waals surface area contributed by atoms with Crippen LogP contribution in [-0.2, 0) is 11.3 Å². The Bertz CT molecular complexity index is 471. The standard InChI is InChI=1S/C15H22N2O2S/c1-10(2)19-14-5-4-12(6-11(14)3)7-16-15(18)13-8-20-9-17-13/h4-6,10,13,17H,7-9H2,1-3H3,(H,16,18). The number of carbonyl (C=O) groups is 1. The van der Waals surface area contributed by atoms with Crippen molar-refractivity contribution in [3.63, 3.8) is 0 Å². The third-order valence-corrected chi connectivity index (χ3v) is 4.04. The lowest BCUT2D eigenvalue weighted by molar-refractivity contribution is -0.122. The van der Waals surface area contributed by atoms with Gasteiger partial charge in [-0.05, 0) is 38.0 Å². The van der Waals surface area contributed by atoms with Crippen LogP contribution in [0.5, 0.6) is 5.75 Å². The van der Waals surface area contributed by atoms with E-state index in [1.54, 1.807) is 11.8 Å². The first-order valence-electron chi connectivity index (χ1n) is 6.91. The molecular weight excluding hydrogens is 272 g/mol. The number of thioether (sulfide) groups is 1. The van der Waals surface area contributed by atoms with Gasteiger partial charge in [-0.1, -0.05) is 12.1 Å². The number of ether oxygens (including phenoxy) is 1. The minimum atomic E-state index is -0.0513. The van der Waals surface area contributed by atoms with Crippen LogP contribution >= 0.6 is 11.8 Å². The van der Waals surface area contributed by atoms with Gasteiger partial charge in [0.05, 0.1) is 12.1 Å². The lowest BCUT2D eigenvalue weighted by Gasteiger charge is -2.14. The summed E-state index contributed by atoms with van der Waals surface area (Å²) in [5.41, 5.74) is 2.19. The van der Waals surface area contributed by atoms with Crippen molar-refractivity contribution < 1.29 is 9.53 Å². The summed E-state index contributed by atoms with van der Waals surface area (Å²) < 4.78 is 5.71.